The third kappa shape index (κ3) is 3.21. The summed E-state index contributed by atoms with van der Waals surface area (Å²) in [5.41, 5.74) is 5.69. The summed E-state index contributed by atoms with van der Waals surface area (Å²) in [6.07, 6.45) is 0.479. The Balaban J connectivity index is 2.32. The first-order chi connectivity index (χ1) is 9.82. The van der Waals surface area contributed by atoms with E-state index in [0.29, 0.717) is 24.3 Å². The highest BCUT2D eigenvalue weighted by molar-refractivity contribution is 7.89. The van der Waals surface area contributed by atoms with Crippen LogP contribution in [0.2, 0.25) is 0 Å². The molecule has 1 heterocycles. The van der Waals surface area contributed by atoms with Gasteiger partial charge in [0.1, 0.15) is 5.75 Å². The molecule has 0 amide bonds. The van der Waals surface area contributed by atoms with Crippen molar-refractivity contribution >= 4 is 10.0 Å². The Morgan fingerprint density at radius 2 is 2.24 bits per heavy atom. The molecule has 1 aliphatic rings. The van der Waals surface area contributed by atoms with E-state index in [4.69, 9.17) is 15.2 Å². The van der Waals surface area contributed by atoms with Crippen LogP contribution in [0.15, 0.2) is 23.1 Å². The molecule has 1 aliphatic heterocycles. The minimum absolute atomic E-state index is 0.167. The zero-order chi connectivity index (χ0) is 15.7. The maximum absolute atomic E-state index is 12.6. The van der Waals surface area contributed by atoms with Gasteiger partial charge in [-0.25, -0.2) is 13.1 Å². The van der Waals surface area contributed by atoms with Gasteiger partial charge in [0.25, 0.3) is 0 Å². The normalized spacial score (nSPS) is 26.0. The fourth-order valence-electron chi connectivity index (χ4n) is 2.42. The molecule has 2 rings (SSSR count). The van der Waals surface area contributed by atoms with Gasteiger partial charge in [0, 0.05) is 18.7 Å². The third-order valence-corrected chi connectivity index (χ3v) is 5.65. The average Bonchev–Trinajstić information content (AvgIpc) is 2.76. The van der Waals surface area contributed by atoms with Crippen molar-refractivity contribution in [2.75, 3.05) is 13.7 Å². The lowest BCUT2D eigenvalue weighted by atomic mass is 9.97. The molecule has 7 heteroatoms. The molecule has 0 saturated carbocycles. The van der Waals surface area contributed by atoms with Crippen LogP contribution in [0.4, 0.5) is 0 Å². The second kappa shape index (κ2) is 5.92. The van der Waals surface area contributed by atoms with Crippen LogP contribution in [0.5, 0.6) is 5.75 Å². The van der Waals surface area contributed by atoms with Gasteiger partial charge in [-0.15, -0.1) is 0 Å². The molecule has 1 fully saturated rings. The fourth-order valence-corrected chi connectivity index (χ4v) is 3.96. The Labute approximate surface area is 125 Å². The summed E-state index contributed by atoms with van der Waals surface area (Å²) >= 11 is 0. The van der Waals surface area contributed by atoms with Crippen molar-refractivity contribution in [2.24, 2.45) is 5.73 Å². The number of hydrogen-bond acceptors (Lipinski definition) is 5. The zero-order valence-electron chi connectivity index (χ0n) is 12.5. The minimum Gasteiger partial charge on any atom is -0.496 e. The van der Waals surface area contributed by atoms with E-state index in [1.807, 2.05) is 13.8 Å². The lowest BCUT2D eigenvalue weighted by Crippen LogP contribution is -2.50. The van der Waals surface area contributed by atoms with Gasteiger partial charge in [0.15, 0.2) is 0 Å². The average molecular weight is 314 g/mol. The molecule has 0 bridgehead atoms. The first-order valence-corrected chi connectivity index (χ1v) is 8.33. The summed E-state index contributed by atoms with van der Waals surface area (Å²) in [6.45, 7) is 4.49. The molecule has 6 nitrogen and oxygen atoms in total. The lowest BCUT2D eigenvalue weighted by molar-refractivity contribution is 0.0957. The van der Waals surface area contributed by atoms with Crippen LogP contribution in [0.1, 0.15) is 25.8 Å². The monoisotopic (exact) mass is 314 g/mol. The van der Waals surface area contributed by atoms with Crippen LogP contribution in [-0.2, 0) is 21.3 Å². The fraction of sp³-hybridized carbons (Fsp3) is 0.571. The number of nitrogens with one attached hydrogen (secondary N) is 1. The molecule has 0 spiro atoms. The van der Waals surface area contributed by atoms with Gasteiger partial charge in [-0.05, 0) is 38.5 Å². The SMILES string of the molecule is COc1ccc(S(=O)(=O)NC2(C)CCOC2C)cc1CN. The Morgan fingerprint density at radius 3 is 2.76 bits per heavy atom. The Bertz CT molecular complexity index is 617. The van der Waals surface area contributed by atoms with Crippen molar-refractivity contribution in [1.29, 1.82) is 0 Å². The largest absolute Gasteiger partial charge is 0.496 e. The molecule has 1 aromatic carbocycles. The molecule has 21 heavy (non-hydrogen) atoms. The van der Waals surface area contributed by atoms with E-state index in [9.17, 15) is 8.42 Å². The van der Waals surface area contributed by atoms with E-state index in [2.05, 4.69) is 4.72 Å². The smallest absolute Gasteiger partial charge is 0.241 e. The summed E-state index contributed by atoms with van der Waals surface area (Å²) in [5, 5.41) is 0. The number of benzene rings is 1. The molecule has 0 aromatic heterocycles. The minimum atomic E-state index is -3.63. The molecule has 2 atom stereocenters. The first-order valence-electron chi connectivity index (χ1n) is 6.85. The Morgan fingerprint density at radius 1 is 1.52 bits per heavy atom. The molecule has 1 aromatic rings. The van der Waals surface area contributed by atoms with Crippen LogP contribution >= 0.6 is 0 Å². The molecule has 0 radical (unpaired) electrons. The topological polar surface area (TPSA) is 90.7 Å². The highest BCUT2D eigenvalue weighted by Gasteiger charge is 2.40. The summed E-state index contributed by atoms with van der Waals surface area (Å²) < 4.78 is 38.5. The quantitative estimate of drug-likeness (QED) is 0.846. The number of ether oxygens (including phenoxy) is 2. The summed E-state index contributed by atoms with van der Waals surface area (Å²) in [7, 11) is -2.11. The second-order valence-electron chi connectivity index (χ2n) is 5.46. The molecule has 118 valence electrons. The molecule has 2 unspecified atom stereocenters. The maximum atomic E-state index is 12.6. The predicted octanol–water partition coefficient (Wildman–Crippen LogP) is 1.000. The molecule has 0 aliphatic carbocycles. The van der Waals surface area contributed by atoms with Gasteiger partial charge >= 0.3 is 0 Å². The summed E-state index contributed by atoms with van der Waals surface area (Å²) in [6, 6.07) is 4.68. The van der Waals surface area contributed by atoms with Crippen molar-refractivity contribution in [2.45, 2.75) is 43.4 Å². The third-order valence-electron chi connectivity index (χ3n) is 4.04. The van der Waals surface area contributed by atoms with E-state index in [-0.39, 0.29) is 17.5 Å². The van der Waals surface area contributed by atoms with E-state index in [1.54, 1.807) is 12.1 Å². The van der Waals surface area contributed by atoms with Gasteiger partial charge < -0.3 is 15.2 Å². The predicted molar refractivity (Wildman–Crippen MR) is 79.6 cm³/mol. The van der Waals surface area contributed by atoms with Crippen LogP contribution in [-0.4, -0.2) is 33.8 Å². The summed E-state index contributed by atoms with van der Waals surface area (Å²) in [4.78, 5) is 0.184. The van der Waals surface area contributed by atoms with Gasteiger partial charge in [-0.3, -0.25) is 0 Å². The van der Waals surface area contributed by atoms with Crippen LogP contribution < -0.4 is 15.2 Å². The van der Waals surface area contributed by atoms with Crippen molar-refractivity contribution in [1.82, 2.24) is 4.72 Å². The number of hydrogen-bond donors (Lipinski definition) is 2. The van der Waals surface area contributed by atoms with Crippen molar-refractivity contribution in [3.8, 4) is 5.75 Å². The molecular weight excluding hydrogens is 292 g/mol. The standard InChI is InChI=1S/C14H22N2O4S/c1-10-14(2,6-7-20-10)16-21(17,18)12-4-5-13(19-3)11(8-12)9-15/h4-5,8,10,16H,6-7,9,15H2,1-3H3. The van der Waals surface area contributed by atoms with E-state index in [0.717, 1.165) is 0 Å². The van der Waals surface area contributed by atoms with Crippen molar-refractivity contribution < 1.29 is 17.9 Å². The van der Waals surface area contributed by atoms with Crippen LogP contribution in [0.25, 0.3) is 0 Å². The van der Waals surface area contributed by atoms with E-state index >= 15 is 0 Å². The van der Waals surface area contributed by atoms with Crippen molar-refractivity contribution in [3.05, 3.63) is 23.8 Å². The maximum Gasteiger partial charge on any atom is 0.241 e. The van der Waals surface area contributed by atoms with Gasteiger partial charge in [0.2, 0.25) is 10.0 Å². The van der Waals surface area contributed by atoms with Gasteiger partial charge in [-0.2, -0.15) is 0 Å². The van der Waals surface area contributed by atoms with Gasteiger partial charge in [0.05, 0.1) is 23.6 Å². The molecule has 1 saturated heterocycles. The first kappa shape index (κ1) is 16.2. The van der Waals surface area contributed by atoms with Crippen LogP contribution in [0, 0.1) is 0 Å². The number of nitrogens with two attached hydrogens (primary N) is 1. The highest BCUT2D eigenvalue weighted by atomic mass is 32.2. The lowest BCUT2D eigenvalue weighted by Gasteiger charge is -2.28. The summed E-state index contributed by atoms with van der Waals surface area (Å²) in [5.74, 6) is 0.584. The molecule has 3 N–H and O–H groups in total. The number of methoxy groups -OCH3 is 1. The highest BCUT2D eigenvalue weighted by Crippen LogP contribution is 2.28. The van der Waals surface area contributed by atoms with E-state index in [1.165, 1.54) is 13.2 Å². The molecular formula is C14H22N2O4S. The number of rotatable bonds is 5. The second-order valence-corrected chi connectivity index (χ2v) is 7.15. The zero-order valence-corrected chi connectivity index (χ0v) is 13.4. The van der Waals surface area contributed by atoms with E-state index < -0.39 is 15.6 Å². The van der Waals surface area contributed by atoms with Crippen LogP contribution in [0.3, 0.4) is 0 Å². The van der Waals surface area contributed by atoms with Gasteiger partial charge in [-0.1, -0.05) is 0 Å². The number of sulfonamides is 1. The Hall–Kier alpha value is -1.15. The Kier molecular flexibility index (Phi) is 4.57. The van der Waals surface area contributed by atoms with Crippen molar-refractivity contribution in [3.63, 3.8) is 0 Å².